The van der Waals surface area contributed by atoms with Crippen LogP contribution in [0.2, 0.25) is 0 Å². The summed E-state index contributed by atoms with van der Waals surface area (Å²) in [4.78, 5) is 30.6. The number of amides is 2. The molecular formula is C39H45N3O4S. The first-order chi connectivity index (χ1) is 22.5. The number of carbonyl (C=O) groups is 2. The number of carbonyl (C=O) groups excluding carboxylic acids is 2. The summed E-state index contributed by atoms with van der Waals surface area (Å²) in [5.41, 5.74) is 5.78. The van der Waals surface area contributed by atoms with Crippen molar-refractivity contribution in [2.45, 2.75) is 83.3 Å². The van der Waals surface area contributed by atoms with Crippen LogP contribution in [-0.4, -0.2) is 43.8 Å². The molecule has 0 radical (unpaired) electrons. The van der Waals surface area contributed by atoms with Gasteiger partial charge in [-0.3, -0.25) is 13.9 Å². The van der Waals surface area contributed by atoms with Crippen LogP contribution in [0.1, 0.15) is 59.1 Å². The Bertz CT molecular complexity index is 1800. The van der Waals surface area contributed by atoms with E-state index in [9.17, 15) is 18.0 Å². The Morgan fingerprint density at radius 1 is 0.766 bits per heavy atom. The van der Waals surface area contributed by atoms with Gasteiger partial charge in [-0.05, 0) is 81.0 Å². The Balaban J connectivity index is 1.59. The average molecular weight is 652 g/mol. The molecule has 1 saturated carbocycles. The summed E-state index contributed by atoms with van der Waals surface area (Å²) in [6.45, 7) is 7.31. The van der Waals surface area contributed by atoms with E-state index in [4.69, 9.17) is 0 Å². The summed E-state index contributed by atoms with van der Waals surface area (Å²) < 4.78 is 29.9. The van der Waals surface area contributed by atoms with Crippen molar-refractivity contribution in [3.05, 3.63) is 130 Å². The van der Waals surface area contributed by atoms with Gasteiger partial charge < -0.3 is 10.2 Å². The zero-order valence-corrected chi connectivity index (χ0v) is 28.6. The molecule has 0 unspecified atom stereocenters. The summed E-state index contributed by atoms with van der Waals surface area (Å²) in [7, 11) is -4.16. The Morgan fingerprint density at radius 3 is 2.09 bits per heavy atom. The molecule has 8 heteroatoms. The quantitative estimate of drug-likeness (QED) is 0.182. The lowest BCUT2D eigenvalue weighted by atomic mass is 10.0. The van der Waals surface area contributed by atoms with E-state index in [2.05, 4.69) is 5.32 Å². The Labute approximate surface area is 279 Å². The highest BCUT2D eigenvalue weighted by atomic mass is 32.2. The first-order valence-electron chi connectivity index (χ1n) is 16.4. The number of aryl methyl sites for hydroxylation is 4. The zero-order valence-electron chi connectivity index (χ0n) is 27.8. The maximum absolute atomic E-state index is 14.8. The van der Waals surface area contributed by atoms with Crippen LogP contribution in [0.5, 0.6) is 0 Å². The van der Waals surface area contributed by atoms with E-state index in [0.717, 1.165) is 59.1 Å². The van der Waals surface area contributed by atoms with Crippen LogP contribution in [0.25, 0.3) is 0 Å². The van der Waals surface area contributed by atoms with Crippen LogP contribution < -0.4 is 9.62 Å². The smallest absolute Gasteiger partial charge is 0.264 e. The molecule has 0 aromatic heterocycles. The Kier molecular flexibility index (Phi) is 10.8. The van der Waals surface area contributed by atoms with Crippen molar-refractivity contribution in [3.8, 4) is 0 Å². The highest BCUT2D eigenvalue weighted by Gasteiger charge is 2.36. The van der Waals surface area contributed by atoms with Gasteiger partial charge in [-0.2, -0.15) is 0 Å². The van der Waals surface area contributed by atoms with Crippen molar-refractivity contribution in [2.75, 3.05) is 10.8 Å². The lowest BCUT2D eigenvalue weighted by Gasteiger charge is -2.34. The molecular weight excluding hydrogens is 607 g/mol. The van der Waals surface area contributed by atoms with Gasteiger partial charge in [0.1, 0.15) is 12.6 Å². The monoisotopic (exact) mass is 651 g/mol. The molecule has 246 valence electrons. The van der Waals surface area contributed by atoms with Crippen molar-refractivity contribution < 1.29 is 18.0 Å². The van der Waals surface area contributed by atoms with Crippen LogP contribution in [0.4, 0.5) is 5.69 Å². The molecule has 4 aromatic carbocycles. The molecule has 1 atom stereocenters. The summed E-state index contributed by atoms with van der Waals surface area (Å²) in [6.07, 6.45) is 4.23. The molecule has 7 nitrogen and oxygen atoms in total. The molecule has 1 aliphatic rings. The number of rotatable bonds is 12. The third-order valence-corrected chi connectivity index (χ3v) is 10.7. The summed E-state index contributed by atoms with van der Waals surface area (Å²) in [6, 6.07) is 29.0. The zero-order chi connectivity index (χ0) is 33.6. The molecule has 5 rings (SSSR count). The van der Waals surface area contributed by atoms with Gasteiger partial charge in [0.05, 0.1) is 10.6 Å². The van der Waals surface area contributed by atoms with Crippen LogP contribution >= 0.6 is 0 Å². The second kappa shape index (κ2) is 15.0. The van der Waals surface area contributed by atoms with Crippen LogP contribution in [0.3, 0.4) is 0 Å². The summed E-state index contributed by atoms with van der Waals surface area (Å²) in [5.74, 6) is -0.674. The fourth-order valence-corrected chi connectivity index (χ4v) is 7.74. The number of nitrogens with zero attached hydrogens (tertiary/aromatic N) is 2. The summed E-state index contributed by atoms with van der Waals surface area (Å²) in [5, 5.41) is 3.23. The lowest BCUT2D eigenvalue weighted by molar-refractivity contribution is -0.140. The number of nitrogens with one attached hydrogen (secondary N) is 1. The largest absolute Gasteiger partial charge is 0.352 e. The molecule has 1 N–H and O–H groups in total. The van der Waals surface area contributed by atoms with Crippen molar-refractivity contribution >= 4 is 27.5 Å². The average Bonchev–Trinajstić information content (AvgIpc) is 3.56. The second-order valence-corrected chi connectivity index (χ2v) is 14.7. The SMILES string of the molecule is Cc1ccc(S(=O)(=O)N(CC(=O)N(Cc2cccc(C)c2)[C@@H](Cc2ccccc2)C(=O)NC2CCCC2)c2cc(C)ccc2C)cc1. The molecule has 47 heavy (non-hydrogen) atoms. The van der Waals surface area contributed by atoms with Gasteiger partial charge in [-0.25, -0.2) is 8.42 Å². The molecule has 4 aromatic rings. The van der Waals surface area contributed by atoms with Gasteiger partial charge in [-0.15, -0.1) is 0 Å². The fourth-order valence-electron chi connectivity index (χ4n) is 6.27. The number of hydrogen-bond acceptors (Lipinski definition) is 4. The highest BCUT2D eigenvalue weighted by molar-refractivity contribution is 7.92. The molecule has 0 aliphatic heterocycles. The van der Waals surface area contributed by atoms with Crippen molar-refractivity contribution in [1.82, 2.24) is 10.2 Å². The van der Waals surface area contributed by atoms with Gasteiger partial charge in [-0.1, -0.05) is 103 Å². The first kappa shape index (κ1) is 33.9. The molecule has 2 amide bonds. The van der Waals surface area contributed by atoms with E-state index in [1.165, 1.54) is 4.31 Å². The van der Waals surface area contributed by atoms with Gasteiger partial charge in [0, 0.05) is 19.0 Å². The predicted molar refractivity (Wildman–Crippen MR) is 188 cm³/mol. The normalized spacial score (nSPS) is 14.0. The van der Waals surface area contributed by atoms with E-state index >= 15 is 0 Å². The topological polar surface area (TPSA) is 86.8 Å². The predicted octanol–water partition coefficient (Wildman–Crippen LogP) is 6.81. The van der Waals surface area contributed by atoms with E-state index < -0.39 is 28.5 Å². The first-order valence-corrected chi connectivity index (χ1v) is 17.8. The van der Waals surface area contributed by atoms with Crippen LogP contribution in [0, 0.1) is 27.7 Å². The minimum Gasteiger partial charge on any atom is -0.352 e. The van der Waals surface area contributed by atoms with Gasteiger partial charge in [0.15, 0.2) is 0 Å². The third kappa shape index (κ3) is 8.49. The standard InChI is InChI=1S/C39H45N3O4S/c1-28-18-21-35(22-19-28)47(45,46)42(36-24-30(3)17-20-31(36)4)27-38(43)41(26-33-14-10-11-29(2)23-33)37(25-32-12-6-5-7-13-32)39(44)40-34-15-8-9-16-34/h5-7,10-14,17-24,34,37H,8-9,15-16,25-27H2,1-4H3,(H,40,44)/t37-/m0/s1. The second-order valence-electron chi connectivity index (χ2n) is 12.8. The van der Waals surface area contributed by atoms with Crippen LogP contribution in [-0.2, 0) is 32.6 Å². The van der Waals surface area contributed by atoms with Gasteiger partial charge >= 0.3 is 0 Å². The minimum absolute atomic E-state index is 0.0602. The van der Waals surface area contributed by atoms with Gasteiger partial charge in [0.2, 0.25) is 11.8 Å². The minimum atomic E-state index is -4.16. The van der Waals surface area contributed by atoms with Crippen molar-refractivity contribution in [2.24, 2.45) is 0 Å². The third-order valence-electron chi connectivity index (χ3n) is 8.93. The maximum Gasteiger partial charge on any atom is 0.264 e. The number of anilines is 1. The van der Waals surface area contributed by atoms with Crippen molar-refractivity contribution in [1.29, 1.82) is 0 Å². The molecule has 0 heterocycles. The molecule has 0 saturated heterocycles. The molecule has 1 fully saturated rings. The lowest BCUT2D eigenvalue weighted by Crippen LogP contribution is -2.54. The van der Waals surface area contributed by atoms with E-state index in [0.29, 0.717) is 12.1 Å². The number of hydrogen-bond donors (Lipinski definition) is 1. The van der Waals surface area contributed by atoms with Crippen molar-refractivity contribution in [3.63, 3.8) is 0 Å². The van der Waals surface area contributed by atoms with E-state index in [-0.39, 0.29) is 23.4 Å². The molecule has 0 spiro atoms. The van der Waals surface area contributed by atoms with Gasteiger partial charge in [0.25, 0.3) is 10.0 Å². The fraction of sp³-hybridized carbons (Fsp3) is 0.333. The highest BCUT2D eigenvalue weighted by Crippen LogP contribution is 2.29. The molecule has 0 bridgehead atoms. The number of sulfonamides is 1. The molecule has 1 aliphatic carbocycles. The van der Waals surface area contributed by atoms with E-state index in [1.807, 2.05) is 94.4 Å². The Hall–Kier alpha value is -4.43. The number of benzene rings is 4. The Morgan fingerprint density at radius 2 is 1.40 bits per heavy atom. The summed E-state index contributed by atoms with van der Waals surface area (Å²) >= 11 is 0. The van der Waals surface area contributed by atoms with Crippen LogP contribution in [0.15, 0.2) is 102 Å². The van der Waals surface area contributed by atoms with E-state index in [1.54, 1.807) is 35.2 Å². The maximum atomic E-state index is 14.8.